The predicted molar refractivity (Wildman–Crippen MR) is 107 cm³/mol. The summed E-state index contributed by atoms with van der Waals surface area (Å²) in [5.74, 6) is 0.528. The first kappa shape index (κ1) is 19.5. The highest BCUT2D eigenvalue weighted by Gasteiger charge is 2.20. The van der Waals surface area contributed by atoms with Crippen LogP contribution in [0.1, 0.15) is 50.2 Å². The van der Waals surface area contributed by atoms with E-state index >= 15 is 0 Å². The Morgan fingerprint density at radius 1 is 0.846 bits per heavy atom. The van der Waals surface area contributed by atoms with Crippen molar-refractivity contribution in [1.29, 1.82) is 0 Å². The van der Waals surface area contributed by atoms with Gasteiger partial charge in [-0.1, -0.05) is 73.2 Å². The fourth-order valence-corrected chi connectivity index (χ4v) is 3.42. The molecule has 0 unspecified atom stereocenters. The molecule has 0 saturated carbocycles. The third kappa shape index (κ3) is 4.85. The van der Waals surface area contributed by atoms with E-state index in [1.54, 1.807) is 0 Å². The van der Waals surface area contributed by atoms with E-state index in [4.69, 9.17) is 9.90 Å². The molecule has 0 spiro atoms. The van der Waals surface area contributed by atoms with Crippen molar-refractivity contribution in [3.8, 4) is 0 Å². The summed E-state index contributed by atoms with van der Waals surface area (Å²) in [5, 5.41) is 17.7. The fraction of sp³-hybridized carbons (Fsp3) is 0.261. The van der Waals surface area contributed by atoms with Crippen LogP contribution in [0.15, 0.2) is 72.0 Å². The molecule has 2 aromatic carbocycles. The average Bonchev–Trinajstić information content (AvgIpc) is 2.67. The van der Waals surface area contributed by atoms with Crippen molar-refractivity contribution in [3.63, 3.8) is 0 Å². The quantitative estimate of drug-likeness (QED) is 0.658. The Kier molecular flexibility index (Phi) is 7.69. The molecule has 0 radical (unpaired) electrons. The second-order valence-electron chi connectivity index (χ2n) is 6.20. The summed E-state index contributed by atoms with van der Waals surface area (Å²) in [6.45, 7) is 1.97. The van der Waals surface area contributed by atoms with Gasteiger partial charge in [-0.25, -0.2) is 0 Å². The smallest absolute Gasteiger partial charge is 0.290 e. The minimum Gasteiger partial charge on any atom is -0.512 e. The number of rotatable bonds is 3. The van der Waals surface area contributed by atoms with E-state index in [9.17, 15) is 5.11 Å². The molecule has 0 bridgehead atoms. The van der Waals surface area contributed by atoms with Gasteiger partial charge in [-0.15, -0.1) is 0 Å². The maximum Gasteiger partial charge on any atom is 0.290 e. The van der Waals surface area contributed by atoms with Gasteiger partial charge in [0.1, 0.15) is 5.76 Å². The Hall–Kier alpha value is -2.81. The lowest BCUT2D eigenvalue weighted by Crippen LogP contribution is -2.03. The standard InChI is InChI=1S/C22H24O.CH2O2/c1-2-17-11-9-10-16-20(23)22(19-14-7-4-8-15-19)21(17)18-12-5-3-6-13-18;2-1-3/h3-8,12-15,23H,2,9-11,16H2,1H3;1H,(H,2,3)/b21-17+,22-20-;. The molecular weight excluding hydrogens is 324 g/mol. The molecule has 0 fully saturated rings. The number of hydrogen-bond acceptors (Lipinski definition) is 2. The van der Waals surface area contributed by atoms with Gasteiger partial charge in [0.2, 0.25) is 0 Å². The first-order valence-electron chi connectivity index (χ1n) is 9.06. The molecule has 3 rings (SSSR count). The van der Waals surface area contributed by atoms with E-state index in [1.807, 2.05) is 24.3 Å². The third-order valence-corrected chi connectivity index (χ3v) is 4.59. The molecule has 0 aliphatic heterocycles. The van der Waals surface area contributed by atoms with E-state index in [0.717, 1.165) is 43.2 Å². The highest BCUT2D eigenvalue weighted by molar-refractivity contribution is 6.06. The molecule has 0 aromatic heterocycles. The average molecular weight is 350 g/mol. The van der Waals surface area contributed by atoms with Crippen LogP contribution in [0.5, 0.6) is 0 Å². The Labute approximate surface area is 155 Å². The summed E-state index contributed by atoms with van der Waals surface area (Å²) in [4.78, 5) is 8.36. The van der Waals surface area contributed by atoms with Crippen LogP contribution in [0.25, 0.3) is 11.1 Å². The molecule has 1 aliphatic carbocycles. The van der Waals surface area contributed by atoms with Crippen molar-refractivity contribution >= 4 is 17.6 Å². The highest BCUT2D eigenvalue weighted by atomic mass is 16.3. The summed E-state index contributed by atoms with van der Waals surface area (Å²) in [6, 6.07) is 20.8. The number of carboxylic acid groups (broad SMARTS) is 1. The van der Waals surface area contributed by atoms with Gasteiger partial charge in [-0.2, -0.15) is 0 Å². The molecule has 0 amide bonds. The molecule has 26 heavy (non-hydrogen) atoms. The van der Waals surface area contributed by atoms with Crippen LogP contribution < -0.4 is 0 Å². The number of aliphatic hydroxyl groups excluding tert-OH is 1. The van der Waals surface area contributed by atoms with E-state index < -0.39 is 0 Å². The largest absolute Gasteiger partial charge is 0.512 e. The first-order valence-corrected chi connectivity index (χ1v) is 9.06. The van der Waals surface area contributed by atoms with Gasteiger partial charge in [-0.05, 0) is 42.4 Å². The van der Waals surface area contributed by atoms with Gasteiger partial charge in [0.05, 0.1) is 0 Å². The van der Waals surface area contributed by atoms with Crippen molar-refractivity contribution in [1.82, 2.24) is 0 Å². The van der Waals surface area contributed by atoms with Crippen molar-refractivity contribution in [2.75, 3.05) is 0 Å². The van der Waals surface area contributed by atoms with Crippen molar-refractivity contribution < 1.29 is 15.0 Å². The number of allylic oxidation sites excluding steroid dienone is 4. The molecule has 2 N–H and O–H groups in total. The van der Waals surface area contributed by atoms with E-state index in [0.29, 0.717) is 5.76 Å². The third-order valence-electron chi connectivity index (χ3n) is 4.59. The van der Waals surface area contributed by atoms with Crippen LogP contribution in [0.2, 0.25) is 0 Å². The molecule has 3 nitrogen and oxygen atoms in total. The summed E-state index contributed by atoms with van der Waals surface area (Å²) >= 11 is 0. The van der Waals surface area contributed by atoms with Gasteiger partial charge >= 0.3 is 0 Å². The molecule has 0 atom stereocenters. The van der Waals surface area contributed by atoms with Crippen LogP contribution in [0.4, 0.5) is 0 Å². The number of hydrogen-bond donors (Lipinski definition) is 2. The Morgan fingerprint density at radius 2 is 1.31 bits per heavy atom. The summed E-state index contributed by atoms with van der Waals surface area (Å²) in [6.07, 6.45) is 5.09. The zero-order valence-corrected chi connectivity index (χ0v) is 15.2. The van der Waals surface area contributed by atoms with Crippen LogP contribution >= 0.6 is 0 Å². The monoisotopic (exact) mass is 350 g/mol. The zero-order valence-electron chi connectivity index (χ0n) is 15.2. The molecule has 1 aliphatic rings. The second-order valence-corrected chi connectivity index (χ2v) is 6.20. The first-order chi connectivity index (χ1) is 12.7. The topological polar surface area (TPSA) is 57.5 Å². The minimum atomic E-state index is -0.250. The van der Waals surface area contributed by atoms with Gasteiger partial charge < -0.3 is 10.2 Å². The Balaban J connectivity index is 0.000000758. The lowest BCUT2D eigenvalue weighted by molar-refractivity contribution is -0.122. The number of benzene rings is 2. The van der Waals surface area contributed by atoms with Crippen LogP contribution in [0, 0.1) is 0 Å². The fourth-order valence-electron chi connectivity index (χ4n) is 3.42. The second kappa shape index (κ2) is 10.2. The summed E-state index contributed by atoms with van der Waals surface area (Å²) in [5.41, 5.74) is 6.01. The zero-order chi connectivity index (χ0) is 18.8. The van der Waals surface area contributed by atoms with Crippen LogP contribution in [0.3, 0.4) is 0 Å². The minimum absolute atomic E-state index is 0.250. The Morgan fingerprint density at radius 3 is 1.81 bits per heavy atom. The Bertz CT molecular complexity index is 759. The molecule has 0 saturated heterocycles. The van der Waals surface area contributed by atoms with Crippen molar-refractivity contribution in [2.45, 2.75) is 39.0 Å². The number of aliphatic hydroxyl groups is 1. The molecule has 3 heteroatoms. The normalized spacial score (nSPS) is 20.3. The predicted octanol–water partition coefficient (Wildman–Crippen LogP) is 6.09. The SMILES string of the molecule is CC/C1=C(c2ccccc2)\C(c2ccccc2)=C(/O)CCCC1.O=CO. The van der Waals surface area contributed by atoms with Gasteiger partial charge in [0, 0.05) is 12.0 Å². The summed E-state index contributed by atoms with van der Waals surface area (Å²) < 4.78 is 0. The van der Waals surface area contributed by atoms with Gasteiger partial charge in [0.15, 0.2) is 0 Å². The molecule has 0 heterocycles. The highest BCUT2D eigenvalue weighted by Crippen LogP contribution is 2.40. The van der Waals surface area contributed by atoms with E-state index in [2.05, 4.69) is 43.3 Å². The van der Waals surface area contributed by atoms with Crippen LogP contribution in [-0.4, -0.2) is 16.7 Å². The van der Waals surface area contributed by atoms with Gasteiger partial charge in [-0.3, -0.25) is 4.79 Å². The maximum atomic E-state index is 10.8. The molecule has 136 valence electrons. The lowest BCUT2D eigenvalue weighted by atomic mass is 9.83. The van der Waals surface area contributed by atoms with E-state index in [1.165, 1.54) is 16.7 Å². The molecular formula is C23H26O3. The van der Waals surface area contributed by atoms with Crippen LogP contribution in [-0.2, 0) is 4.79 Å². The maximum absolute atomic E-state index is 10.8. The van der Waals surface area contributed by atoms with Crippen molar-refractivity contribution in [3.05, 3.63) is 83.1 Å². The van der Waals surface area contributed by atoms with E-state index in [-0.39, 0.29) is 6.47 Å². The molecule has 2 aromatic rings. The lowest BCUT2D eigenvalue weighted by Gasteiger charge is -2.22. The van der Waals surface area contributed by atoms with Crippen molar-refractivity contribution in [2.24, 2.45) is 0 Å². The summed E-state index contributed by atoms with van der Waals surface area (Å²) in [7, 11) is 0. The van der Waals surface area contributed by atoms with Gasteiger partial charge in [0.25, 0.3) is 6.47 Å². The number of carbonyl (C=O) groups is 1.